The molecule has 0 amide bonds. The highest BCUT2D eigenvalue weighted by molar-refractivity contribution is 6.10. The van der Waals surface area contributed by atoms with Gasteiger partial charge in [-0.25, -0.2) is 4.79 Å². The molecule has 6 nitrogen and oxygen atoms in total. The SMILES string of the molecule is CCOC(=O)C(C=NCCCC(C)=O)=C(N)COC(C)(C)C. The van der Waals surface area contributed by atoms with Gasteiger partial charge in [-0.15, -0.1) is 0 Å². The van der Waals surface area contributed by atoms with Crippen LogP contribution in [0, 0.1) is 0 Å². The van der Waals surface area contributed by atoms with Crippen LogP contribution in [0.25, 0.3) is 0 Å². The molecule has 0 fully saturated rings. The van der Waals surface area contributed by atoms with Gasteiger partial charge in [-0.3, -0.25) is 4.99 Å². The van der Waals surface area contributed by atoms with Crippen LogP contribution in [0.3, 0.4) is 0 Å². The second kappa shape index (κ2) is 10.1. The second-order valence-electron chi connectivity index (χ2n) is 5.90. The fourth-order valence-corrected chi connectivity index (χ4v) is 1.42. The maximum Gasteiger partial charge on any atom is 0.341 e. The van der Waals surface area contributed by atoms with Gasteiger partial charge in [-0.1, -0.05) is 0 Å². The molecule has 0 unspecified atom stereocenters. The maximum absolute atomic E-state index is 11.9. The summed E-state index contributed by atoms with van der Waals surface area (Å²) in [6, 6.07) is 0. The number of aliphatic imine (C=N–C) groups is 1. The Balaban J connectivity index is 4.84. The van der Waals surface area contributed by atoms with Gasteiger partial charge in [0.05, 0.1) is 30.1 Å². The minimum absolute atomic E-state index is 0.120. The molecule has 0 saturated carbocycles. The summed E-state index contributed by atoms with van der Waals surface area (Å²) in [5, 5.41) is 0. The largest absolute Gasteiger partial charge is 0.462 e. The Labute approximate surface area is 132 Å². The van der Waals surface area contributed by atoms with E-state index in [0.717, 1.165) is 0 Å². The van der Waals surface area contributed by atoms with E-state index in [2.05, 4.69) is 4.99 Å². The standard InChI is InChI=1S/C16H28N2O4/c1-6-21-15(20)13(10-18-9-7-8-12(2)19)14(17)11-22-16(3,4)5/h10H,6-9,11,17H2,1-5H3. The minimum atomic E-state index is -0.521. The van der Waals surface area contributed by atoms with Gasteiger partial charge < -0.3 is 20.0 Å². The van der Waals surface area contributed by atoms with E-state index >= 15 is 0 Å². The summed E-state index contributed by atoms with van der Waals surface area (Å²) in [7, 11) is 0. The van der Waals surface area contributed by atoms with Crippen molar-refractivity contribution in [3.05, 3.63) is 11.3 Å². The van der Waals surface area contributed by atoms with Gasteiger partial charge >= 0.3 is 5.97 Å². The first-order valence-electron chi connectivity index (χ1n) is 7.46. The summed E-state index contributed by atoms with van der Waals surface area (Å²) < 4.78 is 10.5. The molecule has 0 aromatic rings. The van der Waals surface area contributed by atoms with Crippen LogP contribution < -0.4 is 5.73 Å². The van der Waals surface area contributed by atoms with Crippen molar-refractivity contribution in [1.29, 1.82) is 0 Å². The molecule has 6 heteroatoms. The van der Waals surface area contributed by atoms with Gasteiger partial charge in [0.25, 0.3) is 0 Å². The van der Waals surface area contributed by atoms with Crippen LogP contribution in [0.4, 0.5) is 0 Å². The highest BCUT2D eigenvalue weighted by Crippen LogP contribution is 2.10. The lowest BCUT2D eigenvalue weighted by molar-refractivity contribution is -0.138. The van der Waals surface area contributed by atoms with Crippen LogP contribution in [0.2, 0.25) is 0 Å². The Kier molecular flexibility index (Phi) is 9.33. The molecule has 0 aromatic heterocycles. The van der Waals surface area contributed by atoms with Crippen molar-refractivity contribution in [3.8, 4) is 0 Å². The van der Waals surface area contributed by atoms with Crippen molar-refractivity contribution in [2.24, 2.45) is 10.7 Å². The van der Waals surface area contributed by atoms with Crippen LogP contribution >= 0.6 is 0 Å². The Morgan fingerprint density at radius 3 is 2.41 bits per heavy atom. The average molecular weight is 312 g/mol. The van der Waals surface area contributed by atoms with Crippen LogP contribution in [0.15, 0.2) is 16.3 Å². The van der Waals surface area contributed by atoms with E-state index in [1.165, 1.54) is 13.1 Å². The third-order valence-corrected chi connectivity index (χ3v) is 2.54. The number of nitrogens with zero attached hydrogens (tertiary/aromatic N) is 1. The lowest BCUT2D eigenvalue weighted by atomic mass is 10.2. The molecule has 0 saturated heterocycles. The molecule has 0 aromatic carbocycles. The van der Waals surface area contributed by atoms with E-state index in [4.69, 9.17) is 15.2 Å². The topological polar surface area (TPSA) is 91.0 Å². The van der Waals surface area contributed by atoms with Crippen molar-refractivity contribution in [2.75, 3.05) is 19.8 Å². The van der Waals surface area contributed by atoms with Gasteiger partial charge in [-0.2, -0.15) is 0 Å². The van der Waals surface area contributed by atoms with E-state index < -0.39 is 5.97 Å². The third-order valence-electron chi connectivity index (χ3n) is 2.54. The van der Waals surface area contributed by atoms with E-state index in [-0.39, 0.29) is 35.9 Å². The molecule has 0 spiro atoms. The smallest absolute Gasteiger partial charge is 0.341 e. The summed E-state index contributed by atoms with van der Waals surface area (Å²) in [6.45, 7) is 9.80. The summed E-state index contributed by atoms with van der Waals surface area (Å²) in [6.07, 6.45) is 2.51. The number of Topliss-reactive ketones (excluding diaryl/α,β-unsaturated/α-hetero) is 1. The van der Waals surface area contributed by atoms with Crippen molar-refractivity contribution >= 4 is 18.0 Å². The Bertz CT molecular complexity index is 434. The molecule has 22 heavy (non-hydrogen) atoms. The highest BCUT2D eigenvalue weighted by atomic mass is 16.5. The number of ketones is 1. The number of carbonyl (C=O) groups excluding carboxylic acids is 2. The fraction of sp³-hybridized carbons (Fsp3) is 0.688. The molecular formula is C16H28N2O4. The summed E-state index contributed by atoms with van der Waals surface area (Å²) in [5.41, 5.74) is 6.05. The van der Waals surface area contributed by atoms with Crippen LogP contribution in [0.5, 0.6) is 0 Å². The van der Waals surface area contributed by atoms with E-state index in [0.29, 0.717) is 19.4 Å². The predicted octanol–water partition coefficient (Wildman–Crippen LogP) is 2.02. The number of hydrogen-bond acceptors (Lipinski definition) is 6. The van der Waals surface area contributed by atoms with Crippen molar-refractivity contribution in [2.45, 2.75) is 53.1 Å². The van der Waals surface area contributed by atoms with Crippen LogP contribution in [-0.2, 0) is 19.1 Å². The summed E-state index contributed by atoms with van der Waals surface area (Å²) in [4.78, 5) is 26.9. The molecule has 0 atom stereocenters. The Morgan fingerprint density at radius 2 is 1.91 bits per heavy atom. The molecule has 0 aliphatic carbocycles. The molecule has 0 aliphatic heterocycles. The molecule has 0 rings (SSSR count). The van der Waals surface area contributed by atoms with Crippen molar-refractivity contribution in [3.63, 3.8) is 0 Å². The Morgan fingerprint density at radius 1 is 1.27 bits per heavy atom. The Hall–Kier alpha value is -1.69. The zero-order chi connectivity index (χ0) is 17.2. The van der Waals surface area contributed by atoms with E-state index in [1.54, 1.807) is 6.92 Å². The van der Waals surface area contributed by atoms with Crippen LogP contribution in [0.1, 0.15) is 47.5 Å². The lowest BCUT2D eigenvalue weighted by Gasteiger charge is -2.20. The van der Waals surface area contributed by atoms with Gasteiger partial charge in [0, 0.05) is 19.2 Å². The number of carbonyl (C=O) groups is 2. The average Bonchev–Trinajstić information content (AvgIpc) is 2.39. The van der Waals surface area contributed by atoms with Gasteiger partial charge in [-0.05, 0) is 41.0 Å². The first-order valence-corrected chi connectivity index (χ1v) is 7.46. The monoisotopic (exact) mass is 312 g/mol. The number of ether oxygens (including phenoxy) is 2. The van der Waals surface area contributed by atoms with Gasteiger partial charge in [0.15, 0.2) is 0 Å². The third kappa shape index (κ3) is 10.1. The molecular weight excluding hydrogens is 284 g/mol. The first kappa shape index (κ1) is 20.3. The molecule has 0 aliphatic rings. The fourth-order valence-electron chi connectivity index (χ4n) is 1.42. The second-order valence-corrected chi connectivity index (χ2v) is 5.90. The first-order chi connectivity index (χ1) is 10.2. The van der Waals surface area contributed by atoms with Crippen LogP contribution in [-0.4, -0.2) is 43.3 Å². The van der Waals surface area contributed by atoms with Gasteiger partial charge in [0.1, 0.15) is 5.78 Å². The number of nitrogens with two attached hydrogens (primary N) is 1. The molecule has 0 heterocycles. The molecule has 2 N–H and O–H groups in total. The quantitative estimate of drug-likeness (QED) is 0.304. The van der Waals surface area contributed by atoms with Gasteiger partial charge in [0.2, 0.25) is 0 Å². The van der Waals surface area contributed by atoms with E-state index in [1.807, 2.05) is 20.8 Å². The molecule has 126 valence electrons. The highest BCUT2D eigenvalue weighted by Gasteiger charge is 2.16. The zero-order valence-electron chi connectivity index (χ0n) is 14.3. The zero-order valence-corrected chi connectivity index (χ0v) is 14.3. The lowest BCUT2D eigenvalue weighted by Crippen LogP contribution is -2.25. The predicted molar refractivity (Wildman–Crippen MR) is 86.8 cm³/mol. The summed E-state index contributed by atoms with van der Waals surface area (Å²) in [5.74, 6) is -0.401. The summed E-state index contributed by atoms with van der Waals surface area (Å²) >= 11 is 0. The van der Waals surface area contributed by atoms with Crippen molar-refractivity contribution in [1.82, 2.24) is 0 Å². The van der Waals surface area contributed by atoms with Crippen molar-refractivity contribution < 1.29 is 19.1 Å². The molecule has 0 radical (unpaired) electrons. The molecule has 0 bridgehead atoms. The number of rotatable bonds is 9. The van der Waals surface area contributed by atoms with E-state index in [9.17, 15) is 9.59 Å². The maximum atomic E-state index is 11.9. The number of hydrogen-bond donors (Lipinski definition) is 1. The minimum Gasteiger partial charge on any atom is -0.462 e. The number of esters is 1. The normalized spacial score (nSPS) is 13.1.